The highest BCUT2D eigenvalue weighted by Gasteiger charge is 2.25. The Morgan fingerprint density at radius 1 is 0.812 bits per heavy atom. The van der Waals surface area contributed by atoms with Crippen LogP contribution in [0.5, 0.6) is 0 Å². The van der Waals surface area contributed by atoms with Gasteiger partial charge in [0.15, 0.2) is 0 Å². The summed E-state index contributed by atoms with van der Waals surface area (Å²) in [5.74, 6) is -0.181. The summed E-state index contributed by atoms with van der Waals surface area (Å²) in [6.07, 6.45) is 2.90. The van der Waals surface area contributed by atoms with Gasteiger partial charge < -0.3 is 5.32 Å². The lowest BCUT2D eigenvalue weighted by atomic mass is 10.0. The zero-order valence-corrected chi connectivity index (χ0v) is 19.3. The van der Waals surface area contributed by atoms with Crippen LogP contribution >= 0.6 is 0 Å². The Bertz CT molecular complexity index is 1230. The van der Waals surface area contributed by atoms with E-state index in [0.29, 0.717) is 23.5 Å². The standard InChI is InChI=1S/C26H28N2O3S/c1-19-9-12-24(17-20(19)2)27-26(29)23-8-6-7-22(18-23)21-10-13-25(14-11-21)32(30,31)28-15-4-3-5-16-28/h6-14,17-18H,3-5,15-16H2,1-2H3,(H,27,29). The minimum Gasteiger partial charge on any atom is -0.322 e. The fourth-order valence-corrected chi connectivity index (χ4v) is 5.45. The van der Waals surface area contributed by atoms with Crippen LogP contribution < -0.4 is 5.32 Å². The smallest absolute Gasteiger partial charge is 0.255 e. The first kappa shape index (κ1) is 22.2. The molecule has 32 heavy (non-hydrogen) atoms. The molecule has 6 heteroatoms. The van der Waals surface area contributed by atoms with Gasteiger partial charge in [0, 0.05) is 24.3 Å². The molecule has 3 aromatic carbocycles. The van der Waals surface area contributed by atoms with E-state index in [1.807, 2.05) is 50.2 Å². The van der Waals surface area contributed by atoms with Crippen molar-refractivity contribution in [1.82, 2.24) is 4.31 Å². The summed E-state index contributed by atoms with van der Waals surface area (Å²) in [5.41, 5.74) is 5.33. The summed E-state index contributed by atoms with van der Waals surface area (Å²) in [7, 11) is -3.45. The van der Waals surface area contributed by atoms with Crippen molar-refractivity contribution in [3.05, 3.63) is 83.4 Å². The van der Waals surface area contributed by atoms with Crippen LogP contribution in [0.15, 0.2) is 71.6 Å². The van der Waals surface area contributed by atoms with Gasteiger partial charge in [-0.05, 0) is 85.3 Å². The number of hydrogen-bond donors (Lipinski definition) is 1. The monoisotopic (exact) mass is 448 g/mol. The molecule has 1 N–H and O–H groups in total. The zero-order chi connectivity index (χ0) is 22.7. The van der Waals surface area contributed by atoms with Gasteiger partial charge in [-0.15, -0.1) is 0 Å². The van der Waals surface area contributed by atoms with Crippen LogP contribution in [0, 0.1) is 13.8 Å². The Morgan fingerprint density at radius 2 is 1.53 bits per heavy atom. The number of carbonyl (C=O) groups excluding carboxylic acids is 1. The minimum atomic E-state index is -3.45. The van der Waals surface area contributed by atoms with E-state index in [2.05, 4.69) is 5.32 Å². The maximum atomic E-state index is 12.9. The van der Waals surface area contributed by atoms with Gasteiger partial charge in [0.05, 0.1) is 4.90 Å². The van der Waals surface area contributed by atoms with Crippen molar-refractivity contribution in [2.45, 2.75) is 38.0 Å². The van der Waals surface area contributed by atoms with Crippen LogP contribution in [-0.4, -0.2) is 31.7 Å². The molecule has 1 amide bonds. The van der Waals surface area contributed by atoms with Crippen molar-refractivity contribution < 1.29 is 13.2 Å². The van der Waals surface area contributed by atoms with E-state index >= 15 is 0 Å². The minimum absolute atomic E-state index is 0.181. The third kappa shape index (κ3) is 4.76. The number of carbonyl (C=O) groups is 1. The summed E-state index contributed by atoms with van der Waals surface area (Å²) in [6.45, 7) is 5.22. The number of sulfonamides is 1. The molecule has 166 valence electrons. The maximum Gasteiger partial charge on any atom is 0.255 e. The van der Waals surface area contributed by atoms with Gasteiger partial charge in [0.2, 0.25) is 10.0 Å². The van der Waals surface area contributed by atoms with Gasteiger partial charge in [-0.2, -0.15) is 4.31 Å². The quantitative estimate of drug-likeness (QED) is 0.568. The molecular formula is C26H28N2O3S. The number of amides is 1. The SMILES string of the molecule is Cc1ccc(NC(=O)c2cccc(-c3ccc(S(=O)(=O)N4CCCCC4)cc3)c2)cc1C. The van der Waals surface area contributed by atoms with E-state index in [0.717, 1.165) is 41.6 Å². The van der Waals surface area contributed by atoms with Crippen molar-refractivity contribution in [3.8, 4) is 11.1 Å². The fraction of sp³-hybridized carbons (Fsp3) is 0.269. The fourth-order valence-electron chi connectivity index (χ4n) is 3.94. The lowest BCUT2D eigenvalue weighted by Crippen LogP contribution is -2.35. The Balaban J connectivity index is 1.52. The Morgan fingerprint density at radius 3 is 2.22 bits per heavy atom. The van der Waals surface area contributed by atoms with Crippen LogP contribution in [0.3, 0.4) is 0 Å². The second kappa shape index (κ2) is 9.27. The molecule has 1 aliphatic heterocycles. The highest BCUT2D eigenvalue weighted by Crippen LogP contribution is 2.26. The van der Waals surface area contributed by atoms with Crippen LogP contribution in [0.2, 0.25) is 0 Å². The Hall–Kier alpha value is -2.96. The van der Waals surface area contributed by atoms with Crippen molar-refractivity contribution in [2.24, 2.45) is 0 Å². The van der Waals surface area contributed by atoms with Gasteiger partial charge in [-0.25, -0.2) is 8.42 Å². The number of nitrogens with zero attached hydrogens (tertiary/aromatic N) is 1. The predicted octanol–water partition coefficient (Wildman–Crippen LogP) is 5.40. The summed E-state index contributed by atoms with van der Waals surface area (Å²) in [6, 6.07) is 20.1. The van der Waals surface area contributed by atoms with E-state index < -0.39 is 10.0 Å². The van der Waals surface area contributed by atoms with Crippen molar-refractivity contribution in [2.75, 3.05) is 18.4 Å². The molecule has 0 saturated carbocycles. The molecule has 4 rings (SSSR count). The first-order chi connectivity index (χ1) is 15.3. The lowest BCUT2D eigenvalue weighted by molar-refractivity contribution is 0.102. The molecule has 0 spiro atoms. The lowest BCUT2D eigenvalue weighted by Gasteiger charge is -2.25. The van der Waals surface area contributed by atoms with Crippen LogP contribution in [0.1, 0.15) is 40.7 Å². The number of piperidine rings is 1. The Labute approximate surface area is 190 Å². The molecule has 0 bridgehead atoms. The molecule has 1 aliphatic rings. The molecule has 1 saturated heterocycles. The van der Waals surface area contributed by atoms with Crippen LogP contribution in [-0.2, 0) is 10.0 Å². The molecule has 0 aliphatic carbocycles. The molecule has 1 fully saturated rings. The van der Waals surface area contributed by atoms with Gasteiger partial charge in [0.25, 0.3) is 5.91 Å². The summed E-state index contributed by atoms with van der Waals surface area (Å²) >= 11 is 0. The summed E-state index contributed by atoms with van der Waals surface area (Å²) in [4.78, 5) is 13.1. The maximum absolute atomic E-state index is 12.9. The average Bonchev–Trinajstić information content (AvgIpc) is 2.82. The third-order valence-corrected chi connectivity index (χ3v) is 7.94. The normalized spacial score (nSPS) is 14.8. The third-order valence-electron chi connectivity index (χ3n) is 6.03. The molecule has 0 unspecified atom stereocenters. The molecular weight excluding hydrogens is 420 g/mol. The predicted molar refractivity (Wildman–Crippen MR) is 128 cm³/mol. The van der Waals surface area contributed by atoms with E-state index in [4.69, 9.17) is 0 Å². The highest BCUT2D eigenvalue weighted by atomic mass is 32.2. The average molecular weight is 449 g/mol. The van der Waals surface area contributed by atoms with Crippen LogP contribution in [0.25, 0.3) is 11.1 Å². The molecule has 0 aromatic heterocycles. The number of benzene rings is 3. The second-order valence-electron chi connectivity index (χ2n) is 8.32. The van der Waals surface area contributed by atoms with Gasteiger partial charge in [-0.3, -0.25) is 4.79 Å². The molecule has 5 nitrogen and oxygen atoms in total. The molecule has 1 heterocycles. The van der Waals surface area contributed by atoms with Gasteiger partial charge in [0.1, 0.15) is 0 Å². The molecule has 0 atom stereocenters. The number of anilines is 1. The number of nitrogens with one attached hydrogen (secondary N) is 1. The second-order valence-corrected chi connectivity index (χ2v) is 10.3. The highest BCUT2D eigenvalue weighted by molar-refractivity contribution is 7.89. The largest absolute Gasteiger partial charge is 0.322 e. The van der Waals surface area contributed by atoms with E-state index in [1.165, 1.54) is 5.56 Å². The van der Waals surface area contributed by atoms with Crippen molar-refractivity contribution >= 4 is 21.6 Å². The van der Waals surface area contributed by atoms with E-state index in [9.17, 15) is 13.2 Å². The zero-order valence-electron chi connectivity index (χ0n) is 18.5. The van der Waals surface area contributed by atoms with Gasteiger partial charge >= 0.3 is 0 Å². The number of rotatable bonds is 5. The van der Waals surface area contributed by atoms with E-state index in [-0.39, 0.29) is 5.91 Å². The molecule has 3 aromatic rings. The topological polar surface area (TPSA) is 66.5 Å². The number of aryl methyl sites for hydroxylation is 2. The van der Waals surface area contributed by atoms with Crippen molar-refractivity contribution in [1.29, 1.82) is 0 Å². The summed E-state index contributed by atoms with van der Waals surface area (Å²) < 4.78 is 27.3. The first-order valence-corrected chi connectivity index (χ1v) is 12.4. The summed E-state index contributed by atoms with van der Waals surface area (Å²) in [5, 5.41) is 2.95. The van der Waals surface area contributed by atoms with Crippen molar-refractivity contribution in [3.63, 3.8) is 0 Å². The number of hydrogen-bond acceptors (Lipinski definition) is 3. The first-order valence-electron chi connectivity index (χ1n) is 10.9. The van der Waals surface area contributed by atoms with Gasteiger partial charge in [-0.1, -0.05) is 36.8 Å². The molecule has 0 radical (unpaired) electrons. The van der Waals surface area contributed by atoms with E-state index in [1.54, 1.807) is 34.6 Å². The van der Waals surface area contributed by atoms with Crippen LogP contribution in [0.4, 0.5) is 5.69 Å². The Kier molecular flexibility index (Phi) is 6.44.